The molecule has 1 saturated carbocycles. The summed E-state index contributed by atoms with van der Waals surface area (Å²) in [6.07, 6.45) is -2.57. The van der Waals surface area contributed by atoms with Crippen molar-refractivity contribution in [2.24, 2.45) is 4.99 Å². The normalized spacial score (nSPS) is 19.7. The largest absolute Gasteiger partial charge is 0.416 e. The van der Waals surface area contributed by atoms with Gasteiger partial charge < -0.3 is 15.4 Å². The second kappa shape index (κ2) is 10.0. The van der Waals surface area contributed by atoms with E-state index in [9.17, 15) is 13.2 Å². The standard InChI is InChI=1S/C21H31F3N4O.HI/c1-19(2,28-9-11-29-12-10-28)14-26-18(25-3)27-15-20(7-8-20)16-5-4-6-17(13-16)21(22,23)24;/h4-6,13H,7-12,14-15H2,1-3H3,(H2,25,26,27);1H. The highest BCUT2D eigenvalue weighted by Gasteiger charge is 2.45. The summed E-state index contributed by atoms with van der Waals surface area (Å²) in [6, 6.07) is 5.70. The molecule has 0 amide bonds. The fourth-order valence-electron chi connectivity index (χ4n) is 3.80. The maximum absolute atomic E-state index is 13.1. The number of hydrogen-bond acceptors (Lipinski definition) is 3. The van der Waals surface area contributed by atoms with Crippen LogP contribution in [0.15, 0.2) is 29.3 Å². The maximum Gasteiger partial charge on any atom is 0.416 e. The minimum atomic E-state index is -4.32. The fraction of sp³-hybridized carbons (Fsp3) is 0.667. The Hall–Kier alpha value is -1.07. The Morgan fingerprint density at radius 3 is 2.40 bits per heavy atom. The van der Waals surface area contributed by atoms with Crippen molar-refractivity contribution in [3.05, 3.63) is 35.4 Å². The van der Waals surface area contributed by atoms with Gasteiger partial charge in [0, 0.05) is 44.2 Å². The Bertz CT molecular complexity index is 729. The van der Waals surface area contributed by atoms with Gasteiger partial charge in [0.05, 0.1) is 18.8 Å². The summed E-state index contributed by atoms with van der Waals surface area (Å²) in [5.41, 5.74) is -0.154. The average molecular weight is 540 g/mol. The molecule has 2 aliphatic rings. The van der Waals surface area contributed by atoms with Gasteiger partial charge in [0.1, 0.15) is 0 Å². The van der Waals surface area contributed by atoms with Gasteiger partial charge >= 0.3 is 6.18 Å². The zero-order chi connectivity index (χ0) is 21.1. The van der Waals surface area contributed by atoms with Crippen molar-refractivity contribution in [3.8, 4) is 0 Å². The van der Waals surface area contributed by atoms with Crippen LogP contribution in [-0.2, 0) is 16.3 Å². The molecule has 0 aromatic heterocycles. The van der Waals surface area contributed by atoms with Gasteiger partial charge in [-0.25, -0.2) is 0 Å². The van der Waals surface area contributed by atoms with Crippen molar-refractivity contribution in [2.75, 3.05) is 46.4 Å². The number of ether oxygens (including phenoxy) is 1. The molecule has 3 rings (SSSR count). The molecule has 1 saturated heterocycles. The van der Waals surface area contributed by atoms with E-state index in [1.165, 1.54) is 12.1 Å². The molecule has 0 unspecified atom stereocenters. The van der Waals surface area contributed by atoms with E-state index in [2.05, 4.69) is 34.4 Å². The van der Waals surface area contributed by atoms with E-state index >= 15 is 0 Å². The number of hydrogen-bond donors (Lipinski definition) is 2. The molecule has 0 spiro atoms. The topological polar surface area (TPSA) is 48.9 Å². The van der Waals surface area contributed by atoms with Crippen LogP contribution in [0, 0.1) is 0 Å². The number of halogens is 4. The Morgan fingerprint density at radius 1 is 1.17 bits per heavy atom. The highest BCUT2D eigenvalue weighted by molar-refractivity contribution is 14.0. The Morgan fingerprint density at radius 2 is 1.83 bits per heavy atom. The molecule has 1 aliphatic carbocycles. The quantitative estimate of drug-likeness (QED) is 0.329. The molecule has 1 aromatic carbocycles. The minimum absolute atomic E-state index is 0. The second-order valence-electron chi connectivity index (χ2n) is 8.55. The van der Waals surface area contributed by atoms with Gasteiger partial charge in [0.25, 0.3) is 0 Å². The summed E-state index contributed by atoms with van der Waals surface area (Å²) in [6.45, 7) is 8.94. The van der Waals surface area contributed by atoms with Crippen LogP contribution in [0.25, 0.3) is 0 Å². The predicted octanol–water partition coefficient (Wildman–Crippen LogP) is 3.63. The predicted molar refractivity (Wildman–Crippen MR) is 124 cm³/mol. The monoisotopic (exact) mass is 540 g/mol. The highest BCUT2D eigenvalue weighted by Crippen LogP contribution is 2.48. The third-order valence-corrected chi connectivity index (χ3v) is 6.03. The zero-order valence-electron chi connectivity index (χ0n) is 17.8. The third kappa shape index (κ3) is 6.23. The van der Waals surface area contributed by atoms with Crippen LogP contribution in [0.3, 0.4) is 0 Å². The van der Waals surface area contributed by atoms with E-state index in [1.807, 2.05) is 0 Å². The maximum atomic E-state index is 13.1. The molecule has 0 radical (unpaired) electrons. The first-order valence-electron chi connectivity index (χ1n) is 10.1. The van der Waals surface area contributed by atoms with Gasteiger partial charge in [-0.05, 0) is 38.3 Å². The van der Waals surface area contributed by atoms with Crippen LogP contribution in [0.4, 0.5) is 13.2 Å². The number of aliphatic imine (C=N–C) groups is 1. The number of rotatable bonds is 6. The lowest BCUT2D eigenvalue weighted by Crippen LogP contribution is -2.56. The van der Waals surface area contributed by atoms with Gasteiger partial charge in [-0.1, -0.05) is 18.2 Å². The van der Waals surface area contributed by atoms with Crippen molar-refractivity contribution in [3.63, 3.8) is 0 Å². The molecule has 1 aromatic rings. The Kier molecular flexibility index (Phi) is 8.43. The first kappa shape index (κ1) is 25.2. The molecule has 170 valence electrons. The summed E-state index contributed by atoms with van der Waals surface area (Å²) in [5, 5.41) is 6.69. The summed E-state index contributed by atoms with van der Waals surface area (Å²) in [7, 11) is 1.71. The van der Waals surface area contributed by atoms with Crippen LogP contribution < -0.4 is 10.6 Å². The van der Waals surface area contributed by atoms with Crippen molar-refractivity contribution < 1.29 is 17.9 Å². The molecule has 2 N–H and O–H groups in total. The summed E-state index contributed by atoms with van der Waals surface area (Å²) < 4.78 is 44.6. The smallest absolute Gasteiger partial charge is 0.379 e. The average Bonchev–Trinajstić information content (AvgIpc) is 3.49. The lowest BCUT2D eigenvalue weighted by Gasteiger charge is -2.41. The van der Waals surface area contributed by atoms with Crippen molar-refractivity contribution in [1.82, 2.24) is 15.5 Å². The first-order chi connectivity index (χ1) is 13.7. The van der Waals surface area contributed by atoms with E-state index in [1.54, 1.807) is 13.1 Å². The third-order valence-electron chi connectivity index (χ3n) is 6.03. The van der Waals surface area contributed by atoms with E-state index in [4.69, 9.17) is 4.74 Å². The molecule has 0 atom stereocenters. The van der Waals surface area contributed by atoms with Gasteiger partial charge in [-0.3, -0.25) is 9.89 Å². The molecular formula is C21H32F3IN4O. The van der Waals surface area contributed by atoms with Crippen molar-refractivity contribution in [1.29, 1.82) is 0 Å². The highest BCUT2D eigenvalue weighted by atomic mass is 127. The fourth-order valence-corrected chi connectivity index (χ4v) is 3.80. The van der Waals surface area contributed by atoms with Crippen LogP contribution in [-0.4, -0.2) is 62.8 Å². The Balaban J connectivity index is 0.00000320. The van der Waals surface area contributed by atoms with Crippen molar-refractivity contribution >= 4 is 29.9 Å². The molecule has 2 fully saturated rings. The van der Waals surface area contributed by atoms with Gasteiger partial charge in [-0.2, -0.15) is 13.2 Å². The number of nitrogens with one attached hydrogen (secondary N) is 2. The molecule has 30 heavy (non-hydrogen) atoms. The van der Waals surface area contributed by atoms with Gasteiger partial charge in [-0.15, -0.1) is 24.0 Å². The summed E-state index contributed by atoms with van der Waals surface area (Å²) in [5.74, 6) is 0.671. The molecule has 9 heteroatoms. The van der Waals surface area contributed by atoms with E-state index in [0.29, 0.717) is 19.0 Å². The van der Waals surface area contributed by atoms with Crippen LogP contribution >= 0.6 is 24.0 Å². The number of alkyl halides is 3. The van der Waals surface area contributed by atoms with Crippen molar-refractivity contribution in [2.45, 2.75) is 43.8 Å². The lowest BCUT2D eigenvalue weighted by atomic mass is 9.94. The molecule has 1 aliphatic heterocycles. The minimum Gasteiger partial charge on any atom is -0.379 e. The SMILES string of the molecule is CN=C(NCC1(c2cccc(C(F)(F)F)c2)CC1)NCC(C)(C)N1CCOCC1.I. The molecular weight excluding hydrogens is 508 g/mol. The zero-order valence-corrected chi connectivity index (χ0v) is 20.1. The first-order valence-corrected chi connectivity index (χ1v) is 10.1. The number of benzene rings is 1. The van der Waals surface area contributed by atoms with Gasteiger partial charge in [0.2, 0.25) is 0 Å². The van der Waals surface area contributed by atoms with Crippen LogP contribution in [0.1, 0.15) is 37.8 Å². The summed E-state index contributed by atoms with van der Waals surface area (Å²) in [4.78, 5) is 6.68. The van der Waals surface area contributed by atoms with E-state index in [0.717, 1.165) is 50.8 Å². The Labute approximate surface area is 193 Å². The number of nitrogens with zero attached hydrogens (tertiary/aromatic N) is 2. The second-order valence-corrected chi connectivity index (χ2v) is 8.55. The van der Waals surface area contributed by atoms with Gasteiger partial charge in [0.15, 0.2) is 5.96 Å². The summed E-state index contributed by atoms with van der Waals surface area (Å²) >= 11 is 0. The lowest BCUT2D eigenvalue weighted by molar-refractivity contribution is -0.137. The number of morpholine rings is 1. The van der Waals surface area contributed by atoms with Crippen LogP contribution in [0.2, 0.25) is 0 Å². The van der Waals surface area contributed by atoms with E-state index < -0.39 is 11.7 Å². The molecule has 5 nitrogen and oxygen atoms in total. The molecule has 1 heterocycles. The van der Waals surface area contributed by atoms with E-state index in [-0.39, 0.29) is 34.9 Å². The van der Waals surface area contributed by atoms with Crippen LogP contribution in [0.5, 0.6) is 0 Å². The number of guanidine groups is 1. The molecule has 0 bridgehead atoms.